The number of nitrogens with one attached hydrogen (secondary N) is 1. The maximum absolute atomic E-state index is 4.71. The number of aryl methyl sites for hydroxylation is 3. The summed E-state index contributed by atoms with van der Waals surface area (Å²) in [4.78, 5) is 4.71. The second kappa shape index (κ2) is 5.98. The number of nitrogens with zero attached hydrogens (tertiary/aromatic N) is 1. The number of rotatable bonds is 3. The Morgan fingerprint density at radius 2 is 1.90 bits per heavy atom. The summed E-state index contributed by atoms with van der Waals surface area (Å²) in [6, 6.07) is 11.2. The number of benzene rings is 1. The molecule has 0 radical (unpaired) electrons. The molecule has 0 bridgehead atoms. The summed E-state index contributed by atoms with van der Waals surface area (Å²) in [5.41, 5.74) is 6.92. The van der Waals surface area contributed by atoms with Gasteiger partial charge < -0.3 is 5.32 Å². The molecule has 2 heteroatoms. The van der Waals surface area contributed by atoms with E-state index in [2.05, 4.69) is 56.5 Å². The monoisotopic (exact) mass is 280 g/mol. The number of pyridine rings is 1. The van der Waals surface area contributed by atoms with Crippen LogP contribution in [0.5, 0.6) is 0 Å². The molecule has 0 saturated carbocycles. The molecular weight excluding hydrogens is 256 g/mol. The van der Waals surface area contributed by atoms with Crippen LogP contribution >= 0.6 is 0 Å². The Morgan fingerprint density at radius 1 is 1.14 bits per heavy atom. The van der Waals surface area contributed by atoms with Crippen LogP contribution in [0.25, 0.3) is 0 Å². The van der Waals surface area contributed by atoms with Gasteiger partial charge in [0.2, 0.25) is 0 Å². The van der Waals surface area contributed by atoms with Crippen LogP contribution in [0.3, 0.4) is 0 Å². The van der Waals surface area contributed by atoms with Crippen molar-refractivity contribution in [3.05, 3.63) is 64.5 Å². The Labute approximate surface area is 127 Å². The summed E-state index contributed by atoms with van der Waals surface area (Å²) in [6.45, 7) is 4.43. The molecule has 0 spiro atoms. The fourth-order valence-corrected chi connectivity index (χ4v) is 3.83. The molecule has 0 saturated heterocycles. The lowest BCUT2D eigenvalue weighted by Crippen LogP contribution is -2.28. The van der Waals surface area contributed by atoms with Crippen molar-refractivity contribution in [2.45, 2.75) is 45.1 Å². The second-order valence-electron chi connectivity index (χ2n) is 6.12. The number of fused-ring (bicyclic) bond motifs is 1. The van der Waals surface area contributed by atoms with E-state index < -0.39 is 0 Å². The van der Waals surface area contributed by atoms with Crippen LogP contribution in [0.4, 0.5) is 0 Å². The highest BCUT2D eigenvalue weighted by Crippen LogP contribution is 2.40. The smallest absolute Gasteiger partial charge is 0.0485 e. The van der Waals surface area contributed by atoms with Gasteiger partial charge in [0.1, 0.15) is 0 Å². The van der Waals surface area contributed by atoms with E-state index in [0.717, 1.165) is 0 Å². The van der Waals surface area contributed by atoms with E-state index in [1.807, 2.05) is 6.20 Å². The maximum Gasteiger partial charge on any atom is 0.0485 e. The minimum atomic E-state index is 0.347. The van der Waals surface area contributed by atoms with E-state index in [4.69, 9.17) is 4.98 Å². The first-order valence-corrected chi connectivity index (χ1v) is 7.89. The molecule has 1 N–H and O–H groups in total. The molecule has 0 fully saturated rings. The molecule has 2 unspecified atom stereocenters. The summed E-state index contributed by atoms with van der Waals surface area (Å²) in [7, 11) is 2.08. The molecule has 1 heterocycles. The average Bonchev–Trinajstić information content (AvgIpc) is 2.51. The van der Waals surface area contributed by atoms with Crippen molar-refractivity contribution in [2.75, 3.05) is 7.05 Å². The fraction of sp³-hybridized carbons (Fsp3) is 0.421. The van der Waals surface area contributed by atoms with Crippen LogP contribution in [0.1, 0.15) is 52.7 Å². The third-order valence-electron chi connectivity index (χ3n) is 4.81. The van der Waals surface area contributed by atoms with Crippen molar-refractivity contribution >= 4 is 0 Å². The lowest BCUT2D eigenvalue weighted by Gasteiger charge is -2.33. The topological polar surface area (TPSA) is 24.9 Å². The molecule has 2 aromatic rings. The molecule has 3 rings (SSSR count). The van der Waals surface area contributed by atoms with Gasteiger partial charge in [0.05, 0.1) is 0 Å². The summed E-state index contributed by atoms with van der Waals surface area (Å²) in [5, 5.41) is 3.57. The first kappa shape index (κ1) is 14.3. The lowest BCUT2D eigenvalue weighted by molar-refractivity contribution is 0.413. The Kier molecular flexibility index (Phi) is 4.07. The quantitative estimate of drug-likeness (QED) is 0.916. The molecule has 1 aromatic heterocycles. The number of aromatic nitrogens is 1. The number of hydrogen-bond acceptors (Lipinski definition) is 2. The third kappa shape index (κ3) is 2.60. The van der Waals surface area contributed by atoms with Gasteiger partial charge in [-0.05, 0) is 68.5 Å². The van der Waals surface area contributed by atoms with Crippen LogP contribution in [0, 0.1) is 13.8 Å². The van der Waals surface area contributed by atoms with Crippen molar-refractivity contribution in [3.63, 3.8) is 0 Å². The van der Waals surface area contributed by atoms with Crippen LogP contribution in [0.2, 0.25) is 0 Å². The van der Waals surface area contributed by atoms with Gasteiger partial charge in [0, 0.05) is 23.9 Å². The van der Waals surface area contributed by atoms with Crippen molar-refractivity contribution in [3.8, 4) is 0 Å². The minimum absolute atomic E-state index is 0.347. The highest BCUT2D eigenvalue weighted by atomic mass is 14.9. The highest BCUT2D eigenvalue weighted by Gasteiger charge is 2.30. The lowest BCUT2D eigenvalue weighted by atomic mass is 9.78. The van der Waals surface area contributed by atoms with Gasteiger partial charge in [0.15, 0.2) is 0 Å². The van der Waals surface area contributed by atoms with Crippen LogP contribution in [-0.4, -0.2) is 12.0 Å². The average molecular weight is 280 g/mol. The van der Waals surface area contributed by atoms with Crippen molar-refractivity contribution in [2.24, 2.45) is 0 Å². The first-order chi connectivity index (χ1) is 10.2. The predicted molar refractivity (Wildman–Crippen MR) is 87.6 cm³/mol. The SMILES string of the molecule is CNC(c1c(C)cccc1C)C1CCCc2cccnc21. The van der Waals surface area contributed by atoms with Crippen molar-refractivity contribution in [1.29, 1.82) is 0 Å². The molecule has 0 aliphatic heterocycles. The summed E-state index contributed by atoms with van der Waals surface area (Å²) in [6.07, 6.45) is 5.58. The van der Waals surface area contributed by atoms with Crippen LogP contribution in [0.15, 0.2) is 36.5 Å². The molecule has 0 amide bonds. The van der Waals surface area contributed by atoms with Gasteiger partial charge in [-0.1, -0.05) is 24.3 Å². The Morgan fingerprint density at radius 3 is 2.62 bits per heavy atom. The van der Waals surface area contributed by atoms with Crippen molar-refractivity contribution in [1.82, 2.24) is 10.3 Å². The maximum atomic E-state index is 4.71. The Balaban J connectivity index is 2.06. The molecule has 1 aromatic carbocycles. The zero-order valence-electron chi connectivity index (χ0n) is 13.2. The van der Waals surface area contributed by atoms with Crippen LogP contribution < -0.4 is 5.32 Å². The molecule has 21 heavy (non-hydrogen) atoms. The predicted octanol–water partition coefficient (Wildman–Crippen LogP) is 4.08. The molecule has 110 valence electrons. The number of likely N-dealkylation sites (N-methyl/N-ethyl adjacent to an activating group) is 1. The highest BCUT2D eigenvalue weighted by molar-refractivity contribution is 5.39. The zero-order valence-corrected chi connectivity index (χ0v) is 13.2. The van der Waals surface area contributed by atoms with E-state index in [0.29, 0.717) is 12.0 Å². The van der Waals surface area contributed by atoms with Gasteiger partial charge in [-0.2, -0.15) is 0 Å². The van der Waals surface area contributed by atoms with Gasteiger partial charge in [-0.3, -0.25) is 4.98 Å². The third-order valence-corrected chi connectivity index (χ3v) is 4.81. The standard InChI is InChI=1S/C19H24N2/c1-13-7-4-8-14(2)17(13)19(20-3)16-11-5-9-15-10-6-12-21-18(15)16/h4,6-8,10,12,16,19-20H,5,9,11H2,1-3H3. The second-order valence-corrected chi connectivity index (χ2v) is 6.12. The minimum Gasteiger partial charge on any atom is -0.312 e. The Bertz CT molecular complexity index is 613. The van der Waals surface area contributed by atoms with E-state index in [-0.39, 0.29) is 0 Å². The van der Waals surface area contributed by atoms with Gasteiger partial charge in [-0.15, -0.1) is 0 Å². The van der Waals surface area contributed by atoms with E-state index in [1.54, 1.807) is 0 Å². The van der Waals surface area contributed by atoms with Crippen molar-refractivity contribution < 1.29 is 0 Å². The Hall–Kier alpha value is -1.67. The summed E-state index contributed by atoms with van der Waals surface area (Å²) < 4.78 is 0. The van der Waals surface area contributed by atoms with Gasteiger partial charge in [0.25, 0.3) is 0 Å². The van der Waals surface area contributed by atoms with E-state index in [1.165, 1.54) is 47.2 Å². The molecule has 2 atom stereocenters. The largest absolute Gasteiger partial charge is 0.312 e. The molecular formula is C19H24N2. The first-order valence-electron chi connectivity index (χ1n) is 7.89. The zero-order chi connectivity index (χ0) is 14.8. The van der Waals surface area contributed by atoms with Gasteiger partial charge in [-0.25, -0.2) is 0 Å². The summed E-state index contributed by atoms with van der Waals surface area (Å²) >= 11 is 0. The molecule has 1 aliphatic carbocycles. The van der Waals surface area contributed by atoms with Crippen LogP contribution in [-0.2, 0) is 6.42 Å². The number of hydrogen-bond donors (Lipinski definition) is 1. The van der Waals surface area contributed by atoms with Gasteiger partial charge >= 0.3 is 0 Å². The van der Waals surface area contributed by atoms with E-state index >= 15 is 0 Å². The molecule has 1 aliphatic rings. The fourth-order valence-electron chi connectivity index (χ4n) is 3.83. The summed E-state index contributed by atoms with van der Waals surface area (Å²) in [5.74, 6) is 0.472. The molecule has 2 nitrogen and oxygen atoms in total. The normalized spacial score (nSPS) is 19.1. The van der Waals surface area contributed by atoms with E-state index in [9.17, 15) is 0 Å².